The average Bonchev–Trinajstić information content (AvgIpc) is 3.29. The predicted octanol–water partition coefficient (Wildman–Crippen LogP) is 2.84. The number of aryl methyl sites for hydroxylation is 1. The summed E-state index contributed by atoms with van der Waals surface area (Å²) in [5.41, 5.74) is 1.52. The van der Waals surface area contributed by atoms with Gasteiger partial charge in [-0.05, 0) is 31.2 Å². The lowest BCUT2D eigenvalue weighted by Crippen LogP contribution is -2.21. The minimum absolute atomic E-state index is 0.0109. The smallest absolute Gasteiger partial charge is 0.312 e. The maximum absolute atomic E-state index is 11.9. The van der Waals surface area contributed by atoms with Crippen molar-refractivity contribution in [2.24, 2.45) is 0 Å². The van der Waals surface area contributed by atoms with Gasteiger partial charge < -0.3 is 19.3 Å². The van der Waals surface area contributed by atoms with Crippen LogP contribution in [0.1, 0.15) is 11.5 Å². The Morgan fingerprint density at radius 2 is 2.04 bits per heavy atom. The molecule has 2 aromatic heterocycles. The van der Waals surface area contributed by atoms with Crippen LogP contribution in [-0.4, -0.2) is 35.7 Å². The Labute approximate surface area is 159 Å². The molecule has 0 radical (unpaired) electrons. The number of methoxy groups -OCH3 is 1. The van der Waals surface area contributed by atoms with Crippen molar-refractivity contribution in [1.29, 1.82) is 0 Å². The molecule has 0 saturated heterocycles. The van der Waals surface area contributed by atoms with E-state index in [-0.39, 0.29) is 12.2 Å². The second kappa shape index (κ2) is 8.45. The molecule has 27 heavy (non-hydrogen) atoms. The molecule has 0 unspecified atom stereocenters. The Bertz CT molecular complexity index is 933. The second-order valence-corrected chi connectivity index (χ2v) is 6.44. The van der Waals surface area contributed by atoms with Gasteiger partial charge in [0.2, 0.25) is 0 Å². The Balaban J connectivity index is 1.49. The molecule has 1 aromatic carbocycles. The summed E-state index contributed by atoms with van der Waals surface area (Å²) in [4.78, 5) is 28.1. The fraction of sp³-hybridized carbons (Fsp3) is 0.222. The summed E-state index contributed by atoms with van der Waals surface area (Å²) in [5.74, 6) is 0.579. The number of thiazole rings is 1. The van der Waals surface area contributed by atoms with Crippen molar-refractivity contribution in [2.45, 2.75) is 13.3 Å². The third-order valence-corrected chi connectivity index (χ3v) is 4.41. The number of rotatable bonds is 7. The molecule has 3 aromatic rings. The normalized spacial score (nSPS) is 10.4. The van der Waals surface area contributed by atoms with Gasteiger partial charge in [0.05, 0.1) is 19.2 Å². The van der Waals surface area contributed by atoms with Crippen molar-refractivity contribution < 1.29 is 23.6 Å². The van der Waals surface area contributed by atoms with Gasteiger partial charge in [0.25, 0.3) is 5.91 Å². The molecular formula is C18H17N3O5S. The van der Waals surface area contributed by atoms with Gasteiger partial charge in [-0.15, -0.1) is 11.3 Å². The van der Waals surface area contributed by atoms with E-state index in [1.807, 2.05) is 24.3 Å². The van der Waals surface area contributed by atoms with Crippen LogP contribution in [0.4, 0.5) is 5.82 Å². The van der Waals surface area contributed by atoms with E-state index < -0.39 is 18.5 Å². The van der Waals surface area contributed by atoms with Gasteiger partial charge in [0, 0.05) is 17.0 Å². The largest absolute Gasteiger partial charge is 0.497 e. The SMILES string of the molecule is COc1ccc(-c2nc(CC(=O)OCC(=O)Nc3cc(C)on3)cs2)cc1. The summed E-state index contributed by atoms with van der Waals surface area (Å²) in [6, 6.07) is 9.06. The van der Waals surface area contributed by atoms with Crippen molar-refractivity contribution in [3.8, 4) is 16.3 Å². The number of benzene rings is 1. The van der Waals surface area contributed by atoms with Crippen molar-refractivity contribution >= 4 is 29.0 Å². The number of hydrogen-bond donors (Lipinski definition) is 1. The number of nitrogens with one attached hydrogen (secondary N) is 1. The van der Waals surface area contributed by atoms with E-state index in [0.29, 0.717) is 11.5 Å². The fourth-order valence-electron chi connectivity index (χ4n) is 2.20. The maximum atomic E-state index is 11.9. The zero-order valence-electron chi connectivity index (χ0n) is 14.7. The van der Waals surface area contributed by atoms with Gasteiger partial charge >= 0.3 is 5.97 Å². The average molecular weight is 387 g/mol. The number of hydrogen-bond acceptors (Lipinski definition) is 8. The number of carbonyl (C=O) groups excluding carboxylic acids is 2. The molecule has 3 rings (SSSR count). The second-order valence-electron chi connectivity index (χ2n) is 5.58. The lowest BCUT2D eigenvalue weighted by Gasteiger charge is -2.03. The first kappa shape index (κ1) is 18.6. The zero-order chi connectivity index (χ0) is 19.2. The third kappa shape index (κ3) is 5.14. The molecule has 2 heterocycles. The molecule has 0 aliphatic rings. The summed E-state index contributed by atoms with van der Waals surface area (Å²) in [7, 11) is 1.61. The quantitative estimate of drug-likeness (QED) is 0.622. The first-order valence-corrected chi connectivity index (χ1v) is 8.89. The van der Waals surface area contributed by atoms with Gasteiger partial charge in [0.1, 0.15) is 16.5 Å². The highest BCUT2D eigenvalue weighted by Gasteiger charge is 2.13. The van der Waals surface area contributed by atoms with Crippen molar-refractivity contribution in [3.63, 3.8) is 0 Å². The van der Waals surface area contributed by atoms with E-state index in [1.54, 1.807) is 25.5 Å². The van der Waals surface area contributed by atoms with Crippen LogP contribution >= 0.6 is 11.3 Å². The first-order valence-electron chi connectivity index (χ1n) is 8.01. The summed E-state index contributed by atoms with van der Waals surface area (Å²) < 4.78 is 14.9. The summed E-state index contributed by atoms with van der Waals surface area (Å²) >= 11 is 1.43. The van der Waals surface area contributed by atoms with Crippen molar-refractivity contribution in [3.05, 3.63) is 47.2 Å². The summed E-state index contributed by atoms with van der Waals surface area (Å²) in [5, 5.41) is 8.68. The minimum atomic E-state index is -0.534. The van der Waals surface area contributed by atoms with Crippen LogP contribution in [0.15, 0.2) is 40.2 Å². The fourth-order valence-corrected chi connectivity index (χ4v) is 3.03. The molecule has 140 valence electrons. The Hall–Kier alpha value is -3.20. The van der Waals surface area contributed by atoms with Gasteiger partial charge in [-0.1, -0.05) is 5.16 Å². The number of amides is 1. The Kier molecular flexibility index (Phi) is 5.82. The van der Waals surface area contributed by atoms with Crippen LogP contribution in [0.3, 0.4) is 0 Å². The summed E-state index contributed by atoms with van der Waals surface area (Å²) in [6.45, 7) is 1.30. The van der Waals surface area contributed by atoms with Crippen LogP contribution < -0.4 is 10.1 Å². The number of carbonyl (C=O) groups is 2. The van der Waals surface area contributed by atoms with Crippen LogP contribution in [0, 0.1) is 6.92 Å². The molecule has 9 heteroatoms. The highest BCUT2D eigenvalue weighted by Crippen LogP contribution is 2.25. The van der Waals surface area contributed by atoms with Gasteiger partial charge in [-0.25, -0.2) is 4.98 Å². The van der Waals surface area contributed by atoms with Crippen LogP contribution in [0.5, 0.6) is 5.75 Å². The molecule has 0 spiro atoms. The van der Waals surface area contributed by atoms with E-state index in [9.17, 15) is 9.59 Å². The molecule has 0 saturated carbocycles. The zero-order valence-corrected chi connectivity index (χ0v) is 15.5. The minimum Gasteiger partial charge on any atom is -0.497 e. The molecule has 1 N–H and O–H groups in total. The molecule has 8 nitrogen and oxygen atoms in total. The number of nitrogens with zero attached hydrogens (tertiary/aromatic N) is 2. The molecule has 0 aliphatic carbocycles. The van der Waals surface area contributed by atoms with Gasteiger partial charge in [-0.2, -0.15) is 0 Å². The molecule has 0 aliphatic heterocycles. The standard InChI is InChI=1S/C18H17N3O5S/c1-11-7-15(21-26-11)20-16(22)9-25-17(23)8-13-10-27-18(19-13)12-3-5-14(24-2)6-4-12/h3-7,10H,8-9H2,1-2H3,(H,20,21,22). The van der Waals surface area contributed by atoms with Crippen molar-refractivity contribution in [1.82, 2.24) is 10.1 Å². The number of anilines is 1. The lowest BCUT2D eigenvalue weighted by atomic mass is 10.2. The van der Waals surface area contributed by atoms with Crippen LogP contribution in [0.25, 0.3) is 10.6 Å². The highest BCUT2D eigenvalue weighted by atomic mass is 32.1. The Morgan fingerprint density at radius 3 is 2.70 bits per heavy atom. The van der Waals surface area contributed by atoms with E-state index in [0.717, 1.165) is 16.3 Å². The topological polar surface area (TPSA) is 104 Å². The number of ether oxygens (including phenoxy) is 2. The molecule has 1 amide bonds. The lowest BCUT2D eigenvalue weighted by molar-refractivity contribution is -0.146. The summed E-state index contributed by atoms with van der Waals surface area (Å²) in [6.07, 6.45) is -0.0109. The molecule has 0 atom stereocenters. The van der Waals surface area contributed by atoms with E-state index in [1.165, 1.54) is 11.3 Å². The molecule has 0 bridgehead atoms. The maximum Gasteiger partial charge on any atom is 0.312 e. The van der Waals surface area contributed by atoms with E-state index in [2.05, 4.69) is 15.5 Å². The van der Waals surface area contributed by atoms with E-state index in [4.69, 9.17) is 14.0 Å². The van der Waals surface area contributed by atoms with Crippen LogP contribution in [-0.2, 0) is 20.7 Å². The monoisotopic (exact) mass is 387 g/mol. The van der Waals surface area contributed by atoms with E-state index >= 15 is 0 Å². The van der Waals surface area contributed by atoms with Crippen molar-refractivity contribution in [2.75, 3.05) is 19.0 Å². The molecular weight excluding hydrogens is 370 g/mol. The predicted molar refractivity (Wildman–Crippen MR) is 98.6 cm³/mol. The number of esters is 1. The van der Waals surface area contributed by atoms with Gasteiger partial charge in [0.15, 0.2) is 12.4 Å². The van der Waals surface area contributed by atoms with Crippen LogP contribution in [0.2, 0.25) is 0 Å². The number of aromatic nitrogens is 2. The first-order chi connectivity index (χ1) is 13.0. The third-order valence-electron chi connectivity index (χ3n) is 3.47. The van der Waals surface area contributed by atoms with Gasteiger partial charge in [-0.3, -0.25) is 9.59 Å². The Morgan fingerprint density at radius 1 is 1.26 bits per heavy atom. The molecule has 0 fully saturated rings. The highest BCUT2D eigenvalue weighted by molar-refractivity contribution is 7.13.